The summed E-state index contributed by atoms with van der Waals surface area (Å²) in [4.78, 5) is 24.2. The van der Waals surface area contributed by atoms with Crippen LogP contribution < -0.4 is 25.0 Å². The minimum Gasteiger partial charge on any atom is -0.486 e. The molecule has 31 heavy (non-hydrogen) atoms. The van der Waals surface area contributed by atoms with Crippen molar-refractivity contribution in [1.82, 2.24) is 9.97 Å². The maximum atomic E-state index is 12.7. The number of morpholine rings is 1. The summed E-state index contributed by atoms with van der Waals surface area (Å²) in [6.45, 7) is 5.53. The normalized spacial score (nSPS) is 15.6. The number of fused-ring (bicyclic) bond motifs is 2. The van der Waals surface area contributed by atoms with Crippen LogP contribution in [0.3, 0.4) is 0 Å². The van der Waals surface area contributed by atoms with E-state index in [9.17, 15) is 4.79 Å². The summed E-state index contributed by atoms with van der Waals surface area (Å²) in [5.74, 6) is 2.20. The average molecular weight is 421 g/mol. The molecule has 1 fully saturated rings. The molecule has 1 saturated heterocycles. The Kier molecular flexibility index (Phi) is 5.17. The molecule has 1 aromatic heterocycles. The fraction of sp³-hybridized carbons (Fsp3) is 0.318. The summed E-state index contributed by atoms with van der Waals surface area (Å²) in [5.41, 5.74) is 2.44. The van der Waals surface area contributed by atoms with Gasteiger partial charge in [0.05, 0.1) is 18.7 Å². The lowest BCUT2D eigenvalue weighted by Gasteiger charge is -2.27. The van der Waals surface area contributed by atoms with E-state index in [2.05, 4.69) is 15.6 Å². The van der Waals surface area contributed by atoms with E-state index in [-0.39, 0.29) is 6.03 Å². The van der Waals surface area contributed by atoms with Gasteiger partial charge in [0.25, 0.3) is 0 Å². The third kappa shape index (κ3) is 4.17. The van der Waals surface area contributed by atoms with E-state index < -0.39 is 0 Å². The van der Waals surface area contributed by atoms with Gasteiger partial charge in [0.2, 0.25) is 5.95 Å². The molecule has 0 radical (unpaired) electrons. The number of anilines is 3. The predicted octanol–water partition coefficient (Wildman–Crippen LogP) is 3.19. The molecule has 5 rings (SSSR count). The van der Waals surface area contributed by atoms with Crippen molar-refractivity contribution in [3.8, 4) is 11.5 Å². The highest BCUT2D eigenvalue weighted by atomic mass is 16.6. The molecule has 3 aromatic rings. The van der Waals surface area contributed by atoms with E-state index in [1.54, 1.807) is 0 Å². The Morgan fingerprint density at radius 3 is 2.52 bits per heavy atom. The van der Waals surface area contributed by atoms with E-state index in [4.69, 9.17) is 19.2 Å². The summed E-state index contributed by atoms with van der Waals surface area (Å²) in [7, 11) is 0. The number of hydrogen-bond donors (Lipinski definition) is 2. The molecule has 9 heteroatoms. The van der Waals surface area contributed by atoms with E-state index >= 15 is 0 Å². The molecule has 160 valence electrons. The quantitative estimate of drug-likeness (QED) is 0.670. The molecule has 2 aromatic carbocycles. The lowest BCUT2D eigenvalue weighted by molar-refractivity contribution is 0.122. The Labute approximate surface area is 179 Å². The van der Waals surface area contributed by atoms with Gasteiger partial charge in [-0.25, -0.2) is 9.78 Å². The number of amides is 2. The van der Waals surface area contributed by atoms with Crippen molar-refractivity contribution in [3.63, 3.8) is 0 Å². The minimum absolute atomic E-state index is 0.381. The third-order valence-corrected chi connectivity index (χ3v) is 5.15. The zero-order valence-corrected chi connectivity index (χ0v) is 17.2. The van der Waals surface area contributed by atoms with Crippen LogP contribution >= 0.6 is 0 Å². The van der Waals surface area contributed by atoms with Crippen LogP contribution in [0, 0.1) is 6.92 Å². The summed E-state index contributed by atoms with van der Waals surface area (Å²) in [5, 5.41) is 6.42. The number of carbonyl (C=O) groups excluding carboxylic acids is 1. The first kappa shape index (κ1) is 19.4. The Morgan fingerprint density at radius 2 is 1.74 bits per heavy atom. The van der Waals surface area contributed by atoms with Crippen molar-refractivity contribution < 1.29 is 19.0 Å². The fourth-order valence-corrected chi connectivity index (χ4v) is 3.65. The van der Waals surface area contributed by atoms with Crippen molar-refractivity contribution in [3.05, 3.63) is 42.0 Å². The first-order chi connectivity index (χ1) is 15.2. The molecule has 0 atom stereocenters. The van der Waals surface area contributed by atoms with Crippen LogP contribution in [0.2, 0.25) is 0 Å². The zero-order valence-electron chi connectivity index (χ0n) is 17.2. The van der Waals surface area contributed by atoms with Crippen LogP contribution in [0.25, 0.3) is 10.9 Å². The number of nitrogens with zero attached hydrogens (tertiary/aromatic N) is 3. The molecule has 2 amide bonds. The molecule has 0 saturated carbocycles. The largest absolute Gasteiger partial charge is 0.486 e. The summed E-state index contributed by atoms with van der Waals surface area (Å²) in [6.07, 6.45) is 0. The van der Waals surface area contributed by atoms with Crippen LogP contribution in [0.4, 0.5) is 22.2 Å². The van der Waals surface area contributed by atoms with Gasteiger partial charge >= 0.3 is 6.03 Å². The maximum absolute atomic E-state index is 12.7. The van der Waals surface area contributed by atoms with Crippen molar-refractivity contribution >= 4 is 34.4 Å². The van der Waals surface area contributed by atoms with Gasteiger partial charge in [-0.15, -0.1) is 0 Å². The lowest BCUT2D eigenvalue weighted by atomic mass is 10.2. The molecule has 0 spiro atoms. The molecule has 2 aliphatic rings. The van der Waals surface area contributed by atoms with Gasteiger partial charge in [-0.2, -0.15) is 4.98 Å². The molecule has 9 nitrogen and oxygen atoms in total. The number of carbonyl (C=O) groups is 1. The number of ether oxygens (including phenoxy) is 3. The first-order valence-corrected chi connectivity index (χ1v) is 10.2. The Hall–Kier alpha value is -3.59. The van der Waals surface area contributed by atoms with E-state index in [1.165, 1.54) is 0 Å². The van der Waals surface area contributed by atoms with E-state index in [1.807, 2.05) is 48.2 Å². The second-order valence-electron chi connectivity index (χ2n) is 7.43. The molecule has 2 aliphatic heterocycles. The van der Waals surface area contributed by atoms with Gasteiger partial charge in [0.1, 0.15) is 19.0 Å². The number of aryl methyl sites for hydroxylation is 1. The molecular weight excluding hydrogens is 398 g/mol. The summed E-state index contributed by atoms with van der Waals surface area (Å²) in [6, 6.07) is 10.9. The topological polar surface area (TPSA) is 97.8 Å². The van der Waals surface area contributed by atoms with Gasteiger partial charge in [0.15, 0.2) is 11.5 Å². The predicted molar refractivity (Wildman–Crippen MR) is 117 cm³/mol. The standard InChI is InChI=1S/C22H23N5O4/c1-14-3-2-4-15(11-14)23-22(28)26-20-16-12-18-19(31-10-9-30-18)13-17(16)24-21(25-20)27-5-7-29-8-6-27/h2-4,11-13H,5-10H2,1H3,(H2,23,24,25,26,28). The number of rotatable bonds is 3. The van der Waals surface area contributed by atoms with Crippen LogP contribution in [-0.2, 0) is 4.74 Å². The molecule has 0 bridgehead atoms. The molecule has 0 unspecified atom stereocenters. The Bertz CT molecular complexity index is 1130. The van der Waals surface area contributed by atoms with Gasteiger partial charge < -0.3 is 24.4 Å². The Morgan fingerprint density at radius 1 is 0.968 bits per heavy atom. The van der Waals surface area contributed by atoms with E-state index in [0.29, 0.717) is 79.4 Å². The van der Waals surface area contributed by atoms with Crippen LogP contribution in [0.5, 0.6) is 11.5 Å². The highest BCUT2D eigenvalue weighted by Gasteiger charge is 2.21. The molecule has 3 heterocycles. The van der Waals surface area contributed by atoms with Gasteiger partial charge in [-0.3, -0.25) is 5.32 Å². The van der Waals surface area contributed by atoms with Gasteiger partial charge in [-0.05, 0) is 30.7 Å². The fourth-order valence-electron chi connectivity index (χ4n) is 3.65. The van der Waals surface area contributed by atoms with Crippen molar-refractivity contribution in [1.29, 1.82) is 0 Å². The first-order valence-electron chi connectivity index (χ1n) is 10.2. The lowest BCUT2D eigenvalue weighted by Crippen LogP contribution is -2.37. The minimum atomic E-state index is -0.381. The monoisotopic (exact) mass is 421 g/mol. The van der Waals surface area contributed by atoms with Crippen LogP contribution in [0.1, 0.15) is 5.56 Å². The highest BCUT2D eigenvalue weighted by molar-refractivity contribution is 6.05. The highest BCUT2D eigenvalue weighted by Crippen LogP contribution is 2.37. The molecule has 2 N–H and O–H groups in total. The summed E-state index contributed by atoms with van der Waals surface area (Å²) < 4.78 is 16.9. The molecular formula is C22H23N5O4. The molecule has 0 aliphatic carbocycles. The van der Waals surface area contributed by atoms with E-state index in [0.717, 1.165) is 5.56 Å². The van der Waals surface area contributed by atoms with Crippen molar-refractivity contribution in [2.24, 2.45) is 0 Å². The maximum Gasteiger partial charge on any atom is 0.324 e. The SMILES string of the molecule is Cc1cccc(NC(=O)Nc2nc(N3CCOCC3)nc3cc4c(cc23)OCCO4)c1. The van der Waals surface area contributed by atoms with Crippen molar-refractivity contribution in [2.45, 2.75) is 6.92 Å². The third-order valence-electron chi connectivity index (χ3n) is 5.15. The van der Waals surface area contributed by atoms with Crippen LogP contribution in [-0.4, -0.2) is 55.5 Å². The second kappa shape index (κ2) is 8.27. The number of hydrogen-bond acceptors (Lipinski definition) is 7. The number of aromatic nitrogens is 2. The van der Waals surface area contributed by atoms with Crippen molar-refractivity contribution in [2.75, 3.05) is 55.1 Å². The summed E-state index contributed by atoms with van der Waals surface area (Å²) >= 11 is 0. The second-order valence-corrected chi connectivity index (χ2v) is 7.43. The smallest absolute Gasteiger partial charge is 0.324 e. The number of benzene rings is 2. The van der Waals surface area contributed by atoms with Gasteiger partial charge in [-0.1, -0.05) is 12.1 Å². The number of urea groups is 1. The van der Waals surface area contributed by atoms with Crippen LogP contribution in [0.15, 0.2) is 36.4 Å². The Balaban J connectivity index is 1.51. The number of nitrogens with one attached hydrogen (secondary N) is 2. The zero-order chi connectivity index (χ0) is 21.2. The average Bonchev–Trinajstić information content (AvgIpc) is 2.78. The van der Waals surface area contributed by atoms with Gasteiger partial charge in [0, 0.05) is 30.2 Å².